The Labute approximate surface area is 190 Å². The Bertz CT molecular complexity index is 1150. The number of hydrogen-bond acceptors (Lipinski definition) is 7. The number of fused-ring (bicyclic) bond motifs is 1. The summed E-state index contributed by atoms with van der Waals surface area (Å²) in [6.07, 6.45) is 0.123. The van der Waals surface area contributed by atoms with Crippen LogP contribution in [0.15, 0.2) is 47.8 Å². The Hall–Kier alpha value is -3.39. The van der Waals surface area contributed by atoms with Crippen molar-refractivity contribution in [2.24, 2.45) is 0 Å². The molecule has 0 unspecified atom stereocenters. The van der Waals surface area contributed by atoms with E-state index in [0.717, 1.165) is 16.3 Å². The van der Waals surface area contributed by atoms with E-state index in [1.54, 1.807) is 24.3 Å². The Morgan fingerprint density at radius 3 is 2.66 bits per heavy atom. The maximum absolute atomic E-state index is 12.5. The molecule has 0 aliphatic carbocycles. The molecule has 1 aliphatic heterocycles. The van der Waals surface area contributed by atoms with Crippen LogP contribution in [0.2, 0.25) is 0 Å². The molecular weight excluding hydrogens is 428 g/mol. The van der Waals surface area contributed by atoms with Gasteiger partial charge in [0.05, 0.1) is 17.7 Å². The molecule has 166 valence electrons. The topological polar surface area (TPSA) is 86.8 Å². The highest BCUT2D eigenvalue weighted by Crippen LogP contribution is 2.35. The minimum absolute atomic E-state index is 0.123. The zero-order chi connectivity index (χ0) is 22.7. The molecule has 4 rings (SSSR count). The van der Waals surface area contributed by atoms with Gasteiger partial charge >= 0.3 is 5.97 Å². The second-order valence-electron chi connectivity index (χ2n) is 8.31. The number of carbonyl (C=O) groups is 2. The molecule has 2 heterocycles. The molecule has 1 amide bonds. The van der Waals surface area contributed by atoms with Crippen LogP contribution in [-0.4, -0.2) is 35.7 Å². The number of thiazole rings is 1. The second kappa shape index (κ2) is 9.00. The number of benzene rings is 2. The molecule has 0 atom stereocenters. The van der Waals surface area contributed by atoms with Crippen molar-refractivity contribution in [3.8, 4) is 22.1 Å². The lowest BCUT2D eigenvalue weighted by molar-refractivity contribution is -0.115. The van der Waals surface area contributed by atoms with E-state index in [0.29, 0.717) is 35.9 Å². The molecule has 0 saturated carbocycles. The van der Waals surface area contributed by atoms with Gasteiger partial charge < -0.3 is 19.5 Å². The van der Waals surface area contributed by atoms with Gasteiger partial charge in [-0.05, 0) is 57.2 Å². The third kappa shape index (κ3) is 5.45. The molecule has 0 radical (unpaired) electrons. The van der Waals surface area contributed by atoms with Gasteiger partial charge in [-0.3, -0.25) is 4.79 Å². The minimum Gasteiger partial charge on any atom is -0.486 e. The predicted octanol–water partition coefficient (Wildman–Crippen LogP) is 4.72. The fraction of sp³-hybridized carbons (Fsp3) is 0.292. The number of nitrogens with zero attached hydrogens (tertiary/aromatic N) is 1. The normalized spacial score (nSPS) is 12.8. The second-order valence-corrected chi connectivity index (χ2v) is 9.17. The molecule has 0 saturated heterocycles. The van der Waals surface area contributed by atoms with Crippen LogP contribution in [0.25, 0.3) is 10.6 Å². The Morgan fingerprint density at radius 2 is 1.88 bits per heavy atom. The summed E-state index contributed by atoms with van der Waals surface area (Å²) in [4.78, 5) is 29.4. The molecule has 32 heavy (non-hydrogen) atoms. The lowest BCUT2D eigenvalue weighted by Crippen LogP contribution is -2.24. The third-order valence-corrected chi connectivity index (χ3v) is 5.40. The Kier molecular flexibility index (Phi) is 6.14. The summed E-state index contributed by atoms with van der Waals surface area (Å²) >= 11 is 1.46. The molecule has 7 nitrogen and oxygen atoms in total. The summed E-state index contributed by atoms with van der Waals surface area (Å²) in [6.45, 7) is 6.50. The lowest BCUT2D eigenvalue weighted by Gasteiger charge is -2.19. The predicted molar refractivity (Wildman–Crippen MR) is 122 cm³/mol. The molecule has 0 spiro atoms. The summed E-state index contributed by atoms with van der Waals surface area (Å²) in [5.74, 6) is 0.778. The maximum atomic E-state index is 12.5. The average molecular weight is 453 g/mol. The molecular formula is C24H24N2O5S. The summed E-state index contributed by atoms with van der Waals surface area (Å²) in [7, 11) is 0. The maximum Gasteiger partial charge on any atom is 0.338 e. The van der Waals surface area contributed by atoms with E-state index in [2.05, 4.69) is 10.3 Å². The number of amides is 1. The Morgan fingerprint density at radius 1 is 1.09 bits per heavy atom. The molecule has 0 bridgehead atoms. The molecule has 3 aromatic rings. The number of aromatic nitrogens is 1. The summed E-state index contributed by atoms with van der Waals surface area (Å²) in [6, 6.07) is 12.4. The van der Waals surface area contributed by atoms with E-state index in [4.69, 9.17) is 14.2 Å². The van der Waals surface area contributed by atoms with Crippen LogP contribution in [0, 0.1) is 0 Å². The highest BCUT2D eigenvalue weighted by atomic mass is 32.1. The van der Waals surface area contributed by atoms with Crippen molar-refractivity contribution in [3.63, 3.8) is 0 Å². The van der Waals surface area contributed by atoms with Crippen LogP contribution in [0.1, 0.15) is 36.8 Å². The zero-order valence-electron chi connectivity index (χ0n) is 18.1. The number of ether oxygens (including phenoxy) is 3. The number of esters is 1. The monoisotopic (exact) mass is 452 g/mol. The first-order valence-corrected chi connectivity index (χ1v) is 11.1. The van der Waals surface area contributed by atoms with Gasteiger partial charge in [0.1, 0.15) is 23.8 Å². The van der Waals surface area contributed by atoms with Crippen molar-refractivity contribution in [2.45, 2.75) is 32.8 Å². The van der Waals surface area contributed by atoms with Gasteiger partial charge in [0.15, 0.2) is 11.5 Å². The first-order valence-electron chi connectivity index (χ1n) is 10.2. The van der Waals surface area contributed by atoms with Crippen LogP contribution >= 0.6 is 11.3 Å². The van der Waals surface area contributed by atoms with Crippen molar-refractivity contribution in [3.05, 3.63) is 59.1 Å². The van der Waals surface area contributed by atoms with Gasteiger partial charge in [-0.15, -0.1) is 11.3 Å². The van der Waals surface area contributed by atoms with Gasteiger partial charge in [-0.2, -0.15) is 0 Å². The van der Waals surface area contributed by atoms with Crippen LogP contribution in [0.5, 0.6) is 11.5 Å². The largest absolute Gasteiger partial charge is 0.486 e. The number of carbonyl (C=O) groups excluding carboxylic acids is 2. The fourth-order valence-corrected chi connectivity index (χ4v) is 3.94. The molecule has 2 aromatic carbocycles. The molecule has 0 fully saturated rings. The fourth-order valence-electron chi connectivity index (χ4n) is 3.13. The number of nitrogens with one attached hydrogen (secondary N) is 1. The van der Waals surface area contributed by atoms with Gasteiger partial charge in [0.2, 0.25) is 5.91 Å². The molecule has 1 aromatic heterocycles. The SMILES string of the molecule is CC(C)(C)OC(=O)c1cccc(NC(=O)Cc2csc(-c3ccc4c(c3)OCCO4)n2)c1. The highest BCUT2D eigenvalue weighted by molar-refractivity contribution is 7.13. The van der Waals surface area contributed by atoms with E-state index >= 15 is 0 Å². The first-order chi connectivity index (χ1) is 15.3. The quantitative estimate of drug-likeness (QED) is 0.564. The van der Waals surface area contributed by atoms with Gasteiger partial charge in [-0.1, -0.05) is 6.07 Å². The van der Waals surface area contributed by atoms with Crippen LogP contribution < -0.4 is 14.8 Å². The number of hydrogen-bond donors (Lipinski definition) is 1. The first kappa shape index (κ1) is 21.8. The van der Waals surface area contributed by atoms with Crippen LogP contribution in [0.4, 0.5) is 5.69 Å². The molecule has 1 aliphatic rings. The summed E-state index contributed by atoms with van der Waals surface area (Å²) < 4.78 is 16.6. The van der Waals surface area contributed by atoms with Gasteiger partial charge in [0, 0.05) is 16.6 Å². The summed E-state index contributed by atoms with van der Waals surface area (Å²) in [5, 5.41) is 5.49. The molecule has 1 N–H and O–H groups in total. The zero-order valence-corrected chi connectivity index (χ0v) is 19.0. The van der Waals surface area contributed by atoms with Crippen LogP contribution in [-0.2, 0) is 16.0 Å². The molecule has 8 heteroatoms. The van der Waals surface area contributed by atoms with Crippen molar-refractivity contribution >= 4 is 28.9 Å². The third-order valence-electron chi connectivity index (χ3n) is 4.46. The highest BCUT2D eigenvalue weighted by Gasteiger charge is 2.19. The van der Waals surface area contributed by atoms with Crippen LogP contribution in [0.3, 0.4) is 0 Å². The van der Waals surface area contributed by atoms with E-state index in [1.807, 2.05) is 44.4 Å². The lowest BCUT2D eigenvalue weighted by atomic mass is 10.1. The van der Waals surface area contributed by atoms with Crippen molar-refractivity contribution in [2.75, 3.05) is 18.5 Å². The average Bonchev–Trinajstić information content (AvgIpc) is 3.20. The van der Waals surface area contributed by atoms with Gasteiger partial charge in [0.25, 0.3) is 0 Å². The van der Waals surface area contributed by atoms with E-state index in [9.17, 15) is 9.59 Å². The Balaban J connectivity index is 1.40. The van der Waals surface area contributed by atoms with Crippen molar-refractivity contribution in [1.29, 1.82) is 0 Å². The van der Waals surface area contributed by atoms with E-state index in [1.165, 1.54) is 11.3 Å². The number of rotatable bonds is 5. The standard InChI is InChI=1S/C24H24N2O5S/c1-24(2,3)31-23(28)16-5-4-6-17(11-16)25-21(27)13-18-14-32-22(26-18)15-7-8-19-20(12-15)30-10-9-29-19/h4-8,11-12,14H,9-10,13H2,1-3H3,(H,25,27). The summed E-state index contributed by atoms with van der Waals surface area (Å²) in [5.41, 5.74) is 1.90. The van der Waals surface area contributed by atoms with Crippen molar-refractivity contribution in [1.82, 2.24) is 4.98 Å². The van der Waals surface area contributed by atoms with E-state index in [-0.39, 0.29) is 12.3 Å². The van der Waals surface area contributed by atoms with Gasteiger partial charge in [-0.25, -0.2) is 9.78 Å². The van der Waals surface area contributed by atoms with E-state index < -0.39 is 11.6 Å². The smallest absolute Gasteiger partial charge is 0.338 e. The van der Waals surface area contributed by atoms with Crippen molar-refractivity contribution < 1.29 is 23.8 Å². The minimum atomic E-state index is -0.587. The number of anilines is 1.